The number of carboxylic acids is 1. The number of nitriles is 1. The summed E-state index contributed by atoms with van der Waals surface area (Å²) < 4.78 is 0. The van der Waals surface area contributed by atoms with Crippen LogP contribution in [0.2, 0.25) is 0 Å². The van der Waals surface area contributed by atoms with Crippen molar-refractivity contribution in [3.8, 4) is 6.07 Å². The van der Waals surface area contributed by atoms with Crippen LogP contribution in [0.1, 0.15) is 16.2 Å². The predicted octanol–water partition coefficient (Wildman–Crippen LogP) is 2.60. The number of benzene rings is 2. The van der Waals surface area contributed by atoms with E-state index in [2.05, 4.69) is 20.5 Å². The van der Waals surface area contributed by atoms with Gasteiger partial charge in [-0.2, -0.15) is 10.4 Å². The van der Waals surface area contributed by atoms with Crippen molar-refractivity contribution in [2.24, 2.45) is 5.10 Å². The smallest absolute Gasteiger partial charge is 0.335 e. The number of hydrogen-bond acceptors (Lipinski definition) is 5. The van der Waals surface area contributed by atoms with E-state index in [1.165, 1.54) is 12.1 Å². The molecule has 0 radical (unpaired) electrons. The molecule has 0 aliphatic carbocycles. The van der Waals surface area contributed by atoms with Crippen LogP contribution in [0.4, 0.5) is 5.69 Å². The Morgan fingerprint density at radius 3 is 2.61 bits per heavy atom. The number of aromatic amines is 1. The van der Waals surface area contributed by atoms with Crippen LogP contribution in [-0.4, -0.2) is 26.8 Å². The number of imidazole rings is 1. The zero-order chi connectivity index (χ0) is 16.2. The lowest BCUT2D eigenvalue weighted by Gasteiger charge is -2.01. The maximum Gasteiger partial charge on any atom is 0.335 e. The molecular weight excluding hydrogens is 294 g/mol. The highest BCUT2D eigenvalue weighted by atomic mass is 16.4. The van der Waals surface area contributed by atoms with Crippen LogP contribution in [-0.2, 0) is 0 Å². The summed E-state index contributed by atoms with van der Waals surface area (Å²) in [4.78, 5) is 18.1. The molecule has 0 aliphatic rings. The fraction of sp³-hybridized carbons (Fsp3) is 0. The maximum atomic E-state index is 10.8. The van der Waals surface area contributed by atoms with Crippen LogP contribution in [0.15, 0.2) is 53.6 Å². The molecule has 23 heavy (non-hydrogen) atoms. The number of hydrazone groups is 1. The molecule has 3 N–H and O–H groups in total. The third kappa shape index (κ3) is 3.01. The number of H-pyrrole nitrogens is 1. The summed E-state index contributed by atoms with van der Waals surface area (Å²) in [5, 5.41) is 22.1. The molecule has 0 fully saturated rings. The van der Waals surface area contributed by atoms with Gasteiger partial charge in [0.15, 0.2) is 5.82 Å². The predicted molar refractivity (Wildman–Crippen MR) is 85.3 cm³/mol. The van der Waals surface area contributed by atoms with Gasteiger partial charge in [-0.3, -0.25) is 5.43 Å². The summed E-state index contributed by atoms with van der Waals surface area (Å²) in [5.41, 5.74) is 5.13. The molecule has 0 atom stereocenters. The van der Waals surface area contributed by atoms with Crippen LogP contribution in [0, 0.1) is 11.3 Å². The van der Waals surface area contributed by atoms with E-state index >= 15 is 0 Å². The highest BCUT2D eigenvalue weighted by Gasteiger charge is 2.09. The van der Waals surface area contributed by atoms with E-state index in [4.69, 9.17) is 5.11 Å². The molecule has 0 saturated carbocycles. The van der Waals surface area contributed by atoms with Crippen LogP contribution in [0.3, 0.4) is 0 Å². The lowest BCUT2D eigenvalue weighted by Crippen LogP contribution is -2.04. The van der Waals surface area contributed by atoms with Crippen molar-refractivity contribution in [2.45, 2.75) is 0 Å². The monoisotopic (exact) mass is 305 g/mol. The molecule has 3 rings (SSSR count). The summed E-state index contributed by atoms with van der Waals surface area (Å²) in [6.45, 7) is 0. The van der Waals surface area contributed by atoms with Gasteiger partial charge in [-0.15, -0.1) is 0 Å². The van der Waals surface area contributed by atoms with Crippen LogP contribution in [0.25, 0.3) is 11.0 Å². The highest BCUT2D eigenvalue weighted by Crippen LogP contribution is 2.12. The molecule has 1 aromatic heterocycles. The topological polar surface area (TPSA) is 114 Å². The third-order valence-electron chi connectivity index (χ3n) is 3.15. The first kappa shape index (κ1) is 14.3. The summed E-state index contributed by atoms with van der Waals surface area (Å²) in [7, 11) is 0. The minimum absolute atomic E-state index is 0.100. The minimum Gasteiger partial charge on any atom is -0.478 e. The zero-order valence-corrected chi connectivity index (χ0v) is 11.8. The Hall–Kier alpha value is -3.66. The standard InChI is InChI=1S/C16H11N5O2/c17-9-14(15-18-12-3-1-2-4-13(12)19-15)21-20-11-7-5-10(6-8-11)16(22)23/h1-8,20H,(H,18,19)(H,22,23). The molecule has 0 aliphatic heterocycles. The second kappa shape index (κ2) is 5.99. The van der Waals surface area contributed by atoms with Crippen molar-refractivity contribution in [1.82, 2.24) is 9.97 Å². The zero-order valence-electron chi connectivity index (χ0n) is 11.8. The number of anilines is 1. The first-order valence-electron chi connectivity index (χ1n) is 6.69. The summed E-state index contributed by atoms with van der Waals surface area (Å²) >= 11 is 0. The first-order chi connectivity index (χ1) is 11.2. The maximum absolute atomic E-state index is 10.8. The van der Waals surface area contributed by atoms with Gasteiger partial charge in [-0.05, 0) is 36.4 Å². The lowest BCUT2D eigenvalue weighted by atomic mass is 10.2. The molecule has 0 saturated heterocycles. The average molecular weight is 305 g/mol. The molecule has 0 unspecified atom stereocenters. The van der Waals surface area contributed by atoms with Gasteiger partial charge in [-0.1, -0.05) is 12.1 Å². The van der Waals surface area contributed by atoms with Gasteiger partial charge in [0, 0.05) is 0 Å². The minimum atomic E-state index is -1.000. The van der Waals surface area contributed by atoms with Crippen molar-refractivity contribution in [3.05, 3.63) is 59.9 Å². The Morgan fingerprint density at radius 1 is 1.22 bits per heavy atom. The lowest BCUT2D eigenvalue weighted by molar-refractivity contribution is 0.0697. The molecule has 2 aromatic carbocycles. The van der Waals surface area contributed by atoms with Crippen molar-refractivity contribution < 1.29 is 9.90 Å². The van der Waals surface area contributed by atoms with Gasteiger partial charge < -0.3 is 10.1 Å². The van der Waals surface area contributed by atoms with Crippen molar-refractivity contribution in [2.75, 3.05) is 5.43 Å². The number of rotatable bonds is 4. The fourth-order valence-corrected chi connectivity index (χ4v) is 2.00. The molecule has 3 aromatic rings. The van der Waals surface area contributed by atoms with E-state index in [0.717, 1.165) is 11.0 Å². The quantitative estimate of drug-likeness (QED) is 0.506. The normalized spacial score (nSPS) is 11.2. The number of nitrogens with zero attached hydrogens (tertiary/aromatic N) is 3. The number of aromatic carboxylic acids is 1. The van der Waals surface area contributed by atoms with Crippen molar-refractivity contribution in [1.29, 1.82) is 5.26 Å². The van der Waals surface area contributed by atoms with E-state index < -0.39 is 5.97 Å². The molecule has 0 amide bonds. The Labute approximate surface area is 130 Å². The molecule has 112 valence electrons. The Balaban J connectivity index is 1.84. The van der Waals surface area contributed by atoms with E-state index in [9.17, 15) is 10.1 Å². The summed E-state index contributed by atoms with van der Waals surface area (Å²) in [6.07, 6.45) is 0. The van der Waals surface area contributed by atoms with E-state index in [1.807, 2.05) is 30.3 Å². The summed E-state index contributed by atoms with van der Waals surface area (Å²) in [5.74, 6) is -0.636. The van der Waals surface area contributed by atoms with E-state index in [1.54, 1.807) is 12.1 Å². The van der Waals surface area contributed by atoms with Crippen LogP contribution in [0.5, 0.6) is 0 Å². The van der Waals surface area contributed by atoms with E-state index in [0.29, 0.717) is 11.5 Å². The molecule has 0 bridgehead atoms. The Kier molecular flexibility index (Phi) is 3.72. The van der Waals surface area contributed by atoms with Crippen LogP contribution < -0.4 is 5.43 Å². The Morgan fingerprint density at radius 2 is 1.96 bits per heavy atom. The van der Waals surface area contributed by atoms with Crippen LogP contribution >= 0.6 is 0 Å². The summed E-state index contributed by atoms with van der Waals surface area (Å²) in [6, 6.07) is 15.4. The van der Waals surface area contributed by atoms with Gasteiger partial charge in [0.25, 0.3) is 0 Å². The van der Waals surface area contributed by atoms with Gasteiger partial charge >= 0.3 is 5.97 Å². The van der Waals surface area contributed by atoms with E-state index in [-0.39, 0.29) is 11.3 Å². The number of nitrogens with one attached hydrogen (secondary N) is 2. The number of carboxylic acid groups (broad SMARTS) is 1. The largest absolute Gasteiger partial charge is 0.478 e. The SMILES string of the molecule is N#CC(=NNc1ccc(C(=O)O)cc1)c1nc2ccccc2[nH]1. The number of carbonyl (C=O) groups is 1. The highest BCUT2D eigenvalue weighted by molar-refractivity contribution is 6.10. The van der Waals surface area contributed by atoms with Gasteiger partial charge in [0.2, 0.25) is 5.71 Å². The second-order valence-corrected chi connectivity index (χ2v) is 4.67. The van der Waals surface area contributed by atoms with Crippen molar-refractivity contribution >= 4 is 28.4 Å². The molecule has 7 nitrogen and oxygen atoms in total. The first-order valence-corrected chi connectivity index (χ1v) is 6.69. The third-order valence-corrected chi connectivity index (χ3v) is 3.15. The molecular formula is C16H11N5O2. The van der Waals surface area contributed by atoms with Gasteiger partial charge in [-0.25, -0.2) is 9.78 Å². The average Bonchev–Trinajstić information content (AvgIpc) is 2.99. The number of hydrogen-bond donors (Lipinski definition) is 3. The number of para-hydroxylation sites is 2. The Bertz CT molecular complexity index is 902. The molecule has 1 heterocycles. The fourth-order valence-electron chi connectivity index (χ4n) is 2.00. The molecule has 7 heteroatoms. The number of aromatic nitrogens is 2. The van der Waals surface area contributed by atoms with Crippen molar-refractivity contribution in [3.63, 3.8) is 0 Å². The second-order valence-electron chi connectivity index (χ2n) is 4.67. The molecule has 0 spiro atoms. The number of fused-ring (bicyclic) bond motifs is 1. The van der Waals surface area contributed by atoms with Gasteiger partial charge in [0.1, 0.15) is 6.07 Å². The van der Waals surface area contributed by atoms with Gasteiger partial charge in [0.05, 0.1) is 22.3 Å².